The van der Waals surface area contributed by atoms with E-state index in [-0.39, 0.29) is 6.04 Å². The van der Waals surface area contributed by atoms with Crippen molar-refractivity contribution in [2.24, 2.45) is 0 Å². The summed E-state index contributed by atoms with van der Waals surface area (Å²) in [6.07, 6.45) is 0.969. The molecule has 0 saturated heterocycles. The third-order valence-corrected chi connectivity index (χ3v) is 3.87. The lowest BCUT2D eigenvalue weighted by atomic mass is 10.1. The number of anilines is 3. The Balaban J connectivity index is 2.00. The molecule has 4 nitrogen and oxygen atoms in total. The molecule has 0 atom stereocenters. The van der Waals surface area contributed by atoms with Gasteiger partial charge in [0, 0.05) is 23.4 Å². The normalized spacial score (nSPS) is 10.7. The molecule has 4 heteroatoms. The highest BCUT2D eigenvalue weighted by molar-refractivity contribution is 5.68. The molecule has 1 heterocycles. The summed E-state index contributed by atoms with van der Waals surface area (Å²) in [4.78, 5) is 9.30. The van der Waals surface area contributed by atoms with Crippen LogP contribution in [-0.2, 0) is 6.42 Å². The molecule has 0 saturated carbocycles. The van der Waals surface area contributed by atoms with Crippen LogP contribution in [0.1, 0.15) is 26.3 Å². The van der Waals surface area contributed by atoms with Crippen molar-refractivity contribution in [1.29, 1.82) is 0 Å². The minimum Gasteiger partial charge on any atom is -0.352 e. The lowest BCUT2D eigenvalue weighted by Gasteiger charge is -2.14. The molecule has 25 heavy (non-hydrogen) atoms. The molecule has 2 aromatic carbocycles. The Hall–Kier alpha value is -2.88. The zero-order valence-corrected chi connectivity index (χ0v) is 15.0. The van der Waals surface area contributed by atoms with E-state index in [4.69, 9.17) is 0 Å². The number of rotatable bonds is 6. The standard InChI is InChI=1S/C21H24N4/c1-4-16-10-8-9-13-18(16)23-20-14-19(17-11-6-5-7-12-17)24-21(25-20)22-15(2)3/h5-15H,4H2,1-3H3,(H2,22,23,24,25). The summed E-state index contributed by atoms with van der Waals surface area (Å²) >= 11 is 0. The maximum Gasteiger partial charge on any atom is 0.225 e. The second-order valence-electron chi connectivity index (χ2n) is 6.26. The molecule has 2 N–H and O–H groups in total. The van der Waals surface area contributed by atoms with Crippen LogP contribution in [0.2, 0.25) is 0 Å². The predicted octanol–water partition coefficient (Wildman–Crippen LogP) is 5.27. The molecule has 0 bridgehead atoms. The van der Waals surface area contributed by atoms with Crippen LogP contribution in [0, 0.1) is 0 Å². The molecule has 1 aromatic heterocycles. The number of para-hydroxylation sites is 1. The smallest absolute Gasteiger partial charge is 0.225 e. The summed E-state index contributed by atoms with van der Waals surface area (Å²) in [5.74, 6) is 1.42. The first kappa shape index (κ1) is 17.0. The lowest BCUT2D eigenvalue weighted by Crippen LogP contribution is -2.13. The van der Waals surface area contributed by atoms with E-state index in [9.17, 15) is 0 Å². The Kier molecular flexibility index (Phi) is 5.29. The first-order chi connectivity index (χ1) is 12.2. The topological polar surface area (TPSA) is 49.8 Å². The first-order valence-electron chi connectivity index (χ1n) is 8.71. The van der Waals surface area contributed by atoms with Crippen molar-refractivity contribution in [2.75, 3.05) is 10.6 Å². The zero-order chi connectivity index (χ0) is 17.6. The van der Waals surface area contributed by atoms with Crippen LogP contribution in [0.5, 0.6) is 0 Å². The number of nitrogens with one attached hydrogen (secondary N) is 2. The van der Waals surface area contributed by atoms with Crippen LogP contribution in [0.4, 0.5) is 17.5 Å². The lowest BCUT2D eigenvalue weighted by molar-refractivity contribution is 0.876. The molecule has 0 aliphatic heterocycles. The van der Waals surface area contributed by atoms with Crippen molar-refractivity contribution < 1.29 is 0 Å². The maximum atomic E-state index is 4.67. The highest BCUT2D eigenvalue weighted by Gasteiger charge is 2.09. The van der Waals surface area contributed by atoms with Crippen LogP contribution < -0.4 is 10.6 Å². The molecule has 0 fully saturated rings. The van der Waals surface area contributed by atoms with E-state index in [1.54, 1.807) is 0 Å². The van der Waals surface area contributed by atoms with Gasteiger partial charge in [0.05, 0.1) is 5.69 Å². The minimum atomic E-state index is 0.266. The zero-order valence-electron chi connectivity index (χ0n) is 15.0. The fraction of sp³-hybridized carbons (Fsp3) is 0.238. The SMILES string of the molecule is CCc1ccccc1Nc1cc(-c2ccccc2)nc(NC(C)C)n1. The second-order valence-corrected chi connectivity index (χ2v) is 6.26. The van der Waals surface area contributed by atoms with E-state index < -0.39 is 0 Å². The van der Waals surface area contributed by atoms with E-state index in [0.29, 0.717) is 5.95 Å². The first-order valence-corrected chi connectivity index (χ1v) is 8.71. The molecular weight excluding hydrogens is 308 g/mol. The summed E-state index contributed by atoms with van der Waals surface area (Å²) in [6, 6.07) is 20.7. The number of aryl methyl sites for hydroxylation is 1. The van der Waals surface area contributed by atoms with E-state index >= 15 is 0 Å². The van der Waals surface area contributed by atoms with Crippen LogP contribution in [0.3, 0.4) is 0 Å². The van der Waals surface area contributed by atoms with Crippen molar-refractivity contribution >= 4 is 17.5 Å². The number of hydrogen-bond acceptors (Lipinski definition) is 4. The van der Waals surface area contributed by atoms with Crippen molar-refractivity contribution in [2.45, 2.75) is 33.2 Å². The fourth-order valence-corrected chi connectivity index (χ4v) is 2.68. The van der Waals surface area contributed by atoms with Gasteiger partial charge in [-0.05, 0) is 31.9 Å². The summed E-state index contributed by atoms with van der Waals surface area (Å²) < 4.78 is 0. The van der Waals surface area contributed by atoms with Gasteiger partial charge in [-0.3, -0.25) is 0 Å². The molecule has 0 aliphatic rings. The molecule has 3 rings (SSSR count). The van der Waals surface area contributed by atoms with Crippen LogP contribution in [0.15, 0.2) is 60.7 Å². The third kappa shape index (κ3) is 4.35. The Morgan fingerprint density at radius 2 is 1.64 bits per heavy atom. The Morgan fingerprint density at radius 1 is 0.920 bits per heavy atom. The maximum absolute atomic E-state index is 4.67. The van der Waals surface area contributed by atoms with Gasteiger partial charge in [-0.2, -0.15) is 4.98 Å². The highest BCUT2D eigenvalue weighted by atomic mass is 15.2. The average Bonchev–Trinajstić information content (AvgIpc) is 2.62. The summed E-state index contributed by atoms with van der Waals surface area (Å²) in [5, 5.41) is 6.76. The van der Waals surface area contributed by atoms with Crippen molar-refractivity contribution in [3.05, 3.63) is 66.2 Å². The van der Waals surface area contributed by atoms with Crippen molar-refractivity contribution in [1.82, 2.24) is 9.97 Å². The Morgan fingerprint density at radius 3 is 2.36 bits per heavy atom. The van der Waals surface area contributed by atoms with Gasteiger partial charge in [0.2, 0.25) is 5.95 Å². The van der Waals surface area contributed by atoms with Crippen LogP contribution >= 0.6 is 0 Å². The fourth-order valence-electron chi connectivity index (χ4n) is 2.68. The Labute approximate surface area is 149 Å². The van der Waals surface area contributed by atoms with Gasteiger partial charge in [0.25, 0.3) is 0 Å². The molecule has 3 aromatic rings. The number of nitrogens with zero attached hydrogens (tertiary/aromatic N) is 2. The summed E-state index contributed by atoms with van der Waals surface area (Å²) in [6.45, 7) is 6.32. The molecule has 0 radical (unpaired) electrons. The summed E-state index contributed by atoms with van der Waals surface area (Å²) in [5.41, 5.74) is 4.32. The molecule has 0 spiro atoms. The molecule has 0 amide bonds. The van der Waals surface area contributed by atoms with Crippen LogP contribution in [0.25, 0.3) is 11.3 Å². The van der Waals surface area contributed by atoms with Gasteiger partial charge in [0.15, 0.2) is 0 Å². The quantitative estimate of drug-likeness (QED) is 0.645. The third-order valence-electron chi connectivity index (χ3n) is 3.87. The van der Waals surface area contributed by atoms with Gasteiger partial charge >= 0.3 is 0 Å². The van der Waals surface area contributed by atoms with Gasteiger partial charge < -0.3 is 10.6 Å². The predicted molar refractivity (Wildman–Crippen MR) is 105 cm³/mol. The average molecular weight is 332 g/mol. The van der Waals surface area contributed by atoms with E-state index in [0.717, 1.165) is 29.2 Å². The number of benzene rings is 2. The van der Waals surface area contributed by atoms with E-state index in [2.05, 4.69) is 71.7 Å². The highest BCUT2D eigenvalue weighted by Crippen LogP contribution is 2.25. The number of hydrogen-bond donors (Lipinski definition) is 2. The minimum absolute atomic E-state index is 0.266. The molecule has 128 valence electrons. The Bertz CT molecular complexity index is 828. The monoisotopic (exact) mass is 332 g/mol. The number of aromatic nitrogens is 2. The van der Waals surface area contributed by atoms with Gasteiger partial charge in [-0.15, -0.1) is 0 Å². The second kappa shape index (κ2) is 7.79. The largest absolute Gasteiger partial charge is 0.352 e. The summed E-state index contributed by atoms with van der Waals surface area (Å²) in [7, 11) is 0. The van der Waals surface area contributed by atoms with Crippen molar-refractivity contribution in [3.63, 3.8) is 0 Å². The van der Waals surface area contributed by atoms with Crippen molar-refractivity contribution in [3.8, 4) is 11.3 Å². The van der Waals surface area contributed by atoms with Gasteiger partial charge in [-0.25, -0.2) is 4.98 Å². The molecule has 0 aliphatic carbocycles. The molecular formula is C21H24N4. The van der Waals surface area contributed by atoms with Gasteiger partial charge in [0.1, 0.15) is 5.82 Å². The van der Waals surface area contributed by atoms with Gasteiger partial charge in [-0.1, -0.05) is 55.5 Å². The van der Waals surface area contributed by atoms with Crippen LogP contribution in [-0.4, -0.2) is 16.0 Å². The van der Waals surface area contributed by atoms with E-state index in [1.165, 1.54) is 5.56 Å². The van der Waals surface area contributed by atoms with E-state index in [1.807, 2.05) is 30.3 Å². The molecule has 0 unspecified atom stereocenters.